The molecule has 1 amide bonds. The Balaban J connectivity index is 1.81. The van der Waals surface area contributed by atoms with E-state index in [1.807, 2.05) is 6.07 Å². The Kier molecular flexibility index (Phi) is 6.11. The summed E-state index contributed by atoms with van der Waals surface area (Å²) in [7, 11) is 0. The van der Waals surface area contributed by atoms with E-state index in [1.54, 1.807) is 47.3 Å². The van der Waals surface area contributed by atoms with Gasteiger partial charge in [-0.25, -0.2) is 4.79 Å². The molecule has 0 atom stereocenters. The van der Waals surface area contributed by atoms with Crippen LogP contribution in [0.5, 0.6) is 0 Å². The van der Waals surface area contributed by atoms with Crippen LogP contribution in [0.1, 0.15) is 22.3 Å². The zero-order valence-corrected chi connectivity index (χ0v) is 13.4. The van der Waals surface area contributed by atoms with E-state index in [0.29, 0.717) is 36.7 Å². The third-order valence-corrected chi connectivity index (χ3v) is 3.44. The van der Waals surface area contributed by atoms with Crippen molar-refractivity contribution in [2.24, 2.45) is 0 Å². The fraction of sp³-hybridized carbons (Fsp3) is 0.167. The van der Waals surface area contributed by atoms with Crippen molar-refractivity contribution in [2.75, 3.05) is 6.54 Å². The lowest BCUT2D eigenvalue weighted by molar-refractivity contribution is -0.146. The van der Waals surface area contributed by atoms with Gasteiger partial charge in [0, 0.05) is 42.7 Å². The molecule has 1 aromatic heterocycles. The maximum atomic E-state index is 11.9. The second-order valence-corrected chi connectivity index (χ2v) is 5.31. The number of aliphatic hydroxyl groups excluding tert-OH is 1. The van der Waals surface area contributed by atoms with Crippen LogP contribution in [-0.2, 0) is 16.1 Å². The number of carbonyl (C=O) groups excluding carboxylic acids is 2. The first-order valence-electron chi connectivity index (χ1n) is 7.64. The van der Waals surface area contributed by atoms with Crippen LogP contribution in [0.2, 0.25) is 0 Å². The molecule has 0 saturated carbocycles. The number of carboxylic acids is 1. The summed E-state index contributed by atoms with van der Waals surface area (Å²) in [5, 5.41) is 21.1. The van der Waals surface area contributed by atoms with Crippen LogP contribution in [-0.4, -0.2) is 39.0 Å². The van der Waals surface area contributed by atoms with Gasteiger partial charge in [0.2, 0.25) is 0 Å². The number of aliphatic carboxylic acids is 1. The molecule has 0 aliphatic carbocycles. The van der Waals surface area contributed by atoms with E-state index in [9.17, 15) is 19.5 Å². The summed E-state index contributed by atoms with van der Waals surface area (Å²) in [5.74, 6) is -3.35. The molecule has 130 valence electrons. The Morgan fingerprint density at radius 2 is 1.76 bits per heavy atom. The van der Waals surface area contributed by atoms with Crippen LogP contribution in [0.3, 0.4) is 0 Å². The number of amides is 1. The van der Waals surface area contributed by atoms with Crippen molar-refractivity contribution in [3.8, 4) is 0 Å². The van der Waals surface area contributed by atoms with Crippen LogP contribution in [0.15, 0.2) is 54.9 Å². The Labute approximate surface area is 144 Å². The van der Waals surface area contributed by atoms with Gasteiger partial charge in [-0.15, -0.1) is 0 Å². The molecule has 0 unspecified atom stereocenters. The Morgan fingerprint density at radius 1 is 1.04 bits per heavy atom. The maximum Gasteiger partial charge on any atom is 0.376 e. The van der Waals surface area contributed by atoms with Crippen molar-refractivity contribution in [1.29, 1.82) is 0 Å². The van der Waals surface area contributed by atoms with E-state index in [2.05, 4.69) is 5.32 Å². The minimum Gasteiger partial charge on any atom is -0.507 e. The van der Waals surface area contributed by atoms with Crippen molar-refractivity contribution >= 4 is 23.4 Å². The second kappa shape index (κ2) is 8.49. The number of ketones is 1. The molecule has 7 nitrogen and oxygen atoms in total. The molecule has 1 heterocycles. The average Bonchev–Trinajstić information content (AvgIpc) is 3.08. The first-order valence-corrected chi connectivity index (χ1v) is 7.64. The highest BCUT2D eigenvalue weighted by atomic mass is 16.4. The van der Waals surface area contributed by atoms with Gasteiger partial charge < -0.3 is 20.1 Å². The number of carboxylic acid groups (broad SMARTS) is 1. The van der Waals surface area contributed by atoms with Gasteiger partial charge in [-0.05, 0) is 24.6 Å². The maximum absolute atomic E-state index is 11.9. The van der Waals surface area contributed by atoms with E-state index >= 15 is 0 Å². The molecule has 0 radical (unpaired) electrons. The second-order valence-electron chi connectivity index (χ2n) is 5.31. The van der Waals surface area contributed by atoms with Gasteiger partial charge in [-0.1, -0.05) is 18.2 Å². The largest absolute Gasteiger partial charge is 0.507 e. The van der Waals surface area contributed by atoms with Gasteiger partial charge in [-0.3, -0.25) is 9.59 Å². The van der Waals surface area contributed by atoms with Crippen LogP contribution < -0.4 is 5.32 Å². The van der Waals surface area contributed by atoms with Gasteiger partial charge >= 0.3 is 5.97 Å². The SMILES string of the molecule is O=C(O)C(=O)/C=C(\O)c1ccn(CCCNC(=O)c2ccccc2)c1. The Bertz CT molecular complexity index is 793. The number of nitrogens with zero attached hydrogens (tertiary/aromatic N) is 1. The van der Waals surface area contributed by atoms with Gasteiger partial charge in [-0.2, -0.15) is 0 Å². The average molecular weight is 342 g/mol. The Hall–Kier alpha value is -3.35. The minimum atomic E-state index is -1.62. The van der Waals surface area contributed by atoms with Gasteiger partial charge in [0.15, 0.2) is 0 Å². The minimum absolute atomic E-state index is 0.137. The standard InChI is InChI=1S/C18H18N2O5/c21-15(11-16(22)18(24)25)14-7-10-20(12-14)9-4-8-19-17(23)13-5-2-1-3-6-13/h1-3,5-7,10-12,21H,4,8-9H2,(H,19,23)(H,24,25)/b15-11-. The van der Waals surface area contributed by atoms with Crippen molar-refractivity contribution in [3.05, 3.63) is 66.0 Å². The quantitative estimate of drug-likeness (QED) is 0.294. The lowest BCUT2D eigenvalue weighted by Crippen LogP contribution is -2.25. The molecule has 2 rings (SSSR count). The number of carbonyl (C=O) groups is 3. The molecule has 0 aliphatic rings. The van der Waals surface area contributed by atoms with Crippen molar-refractivity contribution in [3.63, 3.8) is 0 Å². The zero-order chi connectivity index (χ0) is 18.2. The van der Waals surface area contributed by atoms with E-state index < -0.39 is 17.5 Å². The number of nitrogens with one attached hydrogen (secondary N) is 1. The monoisotopic (exact) mass is 342 g/mol. The molecule has 0 spiro atoms. The van der Waals surface area contributed by atoms with E-state index in [0.717, 1.165) is 0 Å². The molecule has 1 aromatic carbocycles. The van der Waals surface area contributed by atoms with E-state index in [1.165, 1.54) is 0 Å². The summed E-state index contributed by atoms with van der Waals surface area (Å²) >= 11 is 0. The highest BCUT2D eigenvalue weighted by Gasteiger charge is 2.11. The highest BCUT2D eigenvalue weighted by molar-refractivity contribution is 6.38. The Morgan fingerprint density at radius 3 is 2.44 bits per heavy atom. The van der Waals surface area contributed by atoms with Crippen LogP contribution in [0, 0.1) is 0 Å². The number of rotatable bonds is 8. The number of aryl methyl sites for hydroxylation is 1. The lowest BCUT2D eigenvalue weighted by atomic mass is 10.2. The topological polar surface area (TPSA) is 109 Å². The summed E-state index contributed by atoms with van der Waals surface area (Å²) in [6.07, 6.45) is 4.64. The highest BCUT2D eigenvalue weighted by Crippen LogP contribution is 2.12. The normalized spacial score (nSPS) is 11.1. The van der Waals surface area contributed by atoms with Gasteiger partial charge in [0.25, 0.3) is 11.7 Å². The number of benzene rings is 1. The number of hydrogen-bond donors (Lipinski definition) is 3. The molecule has 0 saturated heterocycles. The van der Waals surface area contributed by atoms with E-state index in [-0.39, 0.29) is 5.91 Å². The zero-order valence-electron chi connectivity index (χ0n) is 13.4. The molecule has 25 heavy (non-hydrogen) atoms. The molecule has 0 bridgehead atoms. The predicted molar refractivity (Wildman–Crippen MR) is 91.1 cm³/mol. The molecular formula is C18H18N2O5. The molecule has 3 N–H and O–H groups in total. The summed E-state index contributed by atoms with van der Waals surface area (Å²) < 4.78 is 1.78. The van der Waals surface area contributed by atoms with Crippen LogP contribution in [0.25, 0.3) is 5.76 Å². The predicted octanol–water partition coefficient (Wildman–Crippen LogP) is 1.86. The van der Waals surface area contributed by atoms with Crippen LogP contribution in [0.4, 0.5) is 0 Å². The third-order valence-electron chi connectivity index (χ3n) is 3.44. The smallest absolute Gasteiger partial charge is 0.376 e. The van der Waals surface area contributed by atoms with Crippen molar-refractivity contribution in [1.82, 2.24) is 9.88 Å². The van der Waals surface area contributed by atoms with E-state index in [4.69, 9.17) is 5.11 Å². The fourth-order valence-corrected chi connectivity index (χ4v) is 2.16. The summed E-state index contributed by atoms with van der Waals surface area (Å²) in [6, 6.07) is 10.5. The van der Waals surface area contributed by atoms with Gasteiger partial charge in [0.05, 0.1) is 0 Å². The molecular weight excluding hydrogens is 324 g/mol. The summed E-state index contributed by atoms with van der Waals surface area (Å²) in [4.78, 5) is 33.4. The van der Waals surface area contributed by atoms with Crippen LogP contribution >= 0.6 is 0 Å². The molecule has 0 fully saturated rings. The lowest BCUT2D eigenvalue weighted by Gasteiger charge is -2.06. The van der Waals surface area contributed by atoms with Crippen molar-refractivity contribution in [2.45, 2.75) is 13.0 Å². The third kappa shape index (κ3) is 5.35. The number of aliphatic hydroxyl groups is 1. The first-order chi connectivity index (χ1) is 12.0. The molecule has 2 aromatic rings. The fourth-order valence-electron chi connectivity index (χ4n) is 2.16. The summed E-state index contributed by atoms with van der Waals surface area (Å²) in [6.45, 7) is 1.08. The number of hydrogen-bond acceptors (Lipinski definition) is 4. The van der Waals surface area contributed by atoms with Gasteiger partial charge in [0.1, 0.15) is 5.76 Å². The summed E-state index contributed by atoms with van der Waals surface area (Å²) in [5.41, 5.74) is 0.951. The van der Waals surface area contributed by atoms with Crippen molar-refractivity contribution < 1.29 is 24.6 Å². The number of aromatic nitrogens is 1. The molecule has 0 aliphatic heterocycles. The molecule has 7 heteroatoms. The first kappa shape index (κ1) is 18.0.